The predicted molar refractivity (Wildman–Crippen MR) is 57.7 cm³/mol. The van der Waals surface area contributed by atoms with Crippen LogP contribution in [0, 0.1) is 5.92 Å². The molecule has 0 unspecified atom stereocenters. The lowest BCUT2D eigenvalue weighted by molar-refractivity contribution is 0.251. The number of hydrogen-bond acceptors (Lipinski definition) is 2. The monoisotopic (exact) mass is 181 g/mol. The second-order valence-electron chi connectivity index (χ2n) is 3.57. The number of amidine groups is 1. The van der Waals surface area contributed by atoms with Crippen molar-refractivity contribution in [2.75, 3.05) is 26.7 Å². The highest BCUT2D eigenvalue weighted by Crippen LogP contribution is 2.18. The molecule has 74 valence electrons. The molecule has 3 heteroatoms. The molecule has 0 bridgehead atoms. The molecule has 1 rings (SSSR count). The Bertz CT molecular complexity index is 190. The van der Waals surface area contributed by atoms with Gasteiger partial charge in [-0.1, -0.05) is 0 Å². The second-order valence-corrected chi connectivity index (χ2v) is 3.57. The van der Waals surface area contributed by atoms with E-state index < -0.39 is 0 Å². The average molecular weight is 181 g/mol. The molecule has 0 radical (unpaired) electrons. The maximum Gasteiger partial charge on any atom is 0.125 e. The average Bonchev–Trinajstić information content (AvgIpc) is 2.16. The van der Waals surface area contributed by atoms with Crippen molar-refractivity contribution in [1.82, 2.24) is 4.90 Å². The zero-order valence-electron chi connectivity index (χ0n) is 8.66. The lowest BCUT2D eigenvalue weighted by Gasteiger charge is -2.28. The van der Waals surface area contributed by atoms with Crippen molar-refractivity contribution in [3.63, 3.8) is 0 Å². The summed E-state index contributed by atoms with van der Waals surface area (Å²) in [6.07, 6.45) is 2.35. The highest BCUT2D eigenvalue weighted by molar-refractivity contribution is 5.88. The lowest BCUT2D eigenvalue weighted by atomic mass is 9.96. The minimum Gasteiger partial charge on any atom is -0.306 e. The highest BCUT2D eigenvalue weighted by Gasteiger charge is 2.20. The summed E-state index contributed by atoms with van der Waals surface area (Å²) in [6.45, 7) is 8.75. The van der Waals surface area contributed by atoms with Gasteiger partial charge in [0.1, 0.15) is 5.84 Å². The standard InChI is InChI=1S/C10H19N3/c1-4-12-10(11-2)9-5-7-13(3)8-6-9/h9H,2,4-8H2,1,3H3. The molecule has 1 aliphatic heterocycles. The molecule has 1 aliphatic rings. The van der Waals surface area contributed by atoms with Crippen LogP contribution in [0.5, 0.6) is 0 Å². The van der Waals surface area contributed by atoms with Crippen molar-refractivity contribution in [1.29, 1.82) is 0 Å². The third-order valence-electron chi connectivity index (χ3n) is 2.57. The van der Waals surface area contributed by atoms with Crippen LogP contribution >= 0.6 is 0 Å². The van der Waals surface area contributed by atoms with E-state index in [2.05, 4.69) is 28.6 Å². The molecule has 0 atom stereocenters. The first kappa shape index (κ1) is 10.4. The SMILES string of the molecule is C=NC(=NCC)C1CCN(C)CC1. The van der Waals surface area contributed by atoms with Crippen LogP contribution < -0.4 is 0 Å². The molecule has 1 fully saturated rings. The van der Waals surface area contributed by atoms with Gasteiger partial charge in [0, 0.05) is 12.5 Å². The molecule has 13 heavy (non-hydrogen) atoms. The minimum absolute atomic E-state index is 0.550. The van der Waals surface area contributed by atoms with E-state index in [1.54, 1.807) is 0 Å². The Morgan fingerprint density at radius 1 is 1.46 bits per heavy atom. The van der Waals surface area contributed by atoms with Crippen molar-refractivity contribution >= 4 is 12.6 Å². The maximum atomic E-state index is 4.36. The van der Waals surface area contributed by atoms with Gasteiger partial charge in [0.2, 0.25) is 0 Å². The maximum absolute atomic E-state index is 4.36. The molecule has 0 aliphatic carbocycles. The second kappa shape index (κ2) is 5.12. The van der Waals surface area contributed by atoms with Crippen LogP contribution in [0.3, 0.4) is 0 Å². The summed E-state index contributed by atoms with van der Waals surface area (Å²) < 4.78 is 0. The van der Waals surface area contributed by atoms with E-state index in [0.717, 1.165) is 25.5 Å². The van der Waals surface area contributed by atoms with E-state index in [9.17, 15) is 0 Å². The van der Waals surface area contributed by atoms with Crippen molar-refractivity contribution in [2.45, 2.75) is 19.8 Å². The van der Waals surface area contributed by atoms with Crippen LogP contribution in [-0.4, -0.2) is 44.1 Å². The fourth-order valence-electron chi connectivity index (χ4n) is 1.74. The number of piperidine rings is 1. The van der Waals surface area contributed by atoms with E-state index in [4.69, 9.17) is 0 Å². The first-order chi connectivity index (χ1) is 6.27. The molecular formula is C10H19N3. The van der Waals surface area contributed by atoms with E-state index in [1.165, 1.54) is 12.8 Å². The molecule has 1 saturated heterocycles. The fraction of sp³-hybridized carbons (Fsp3) is 0.800. The van der Waals surface area contributed by atoms with Gasteiger partial charge in [0.15, 0.2) is 0 Å². The Balaban J connectivity index is 2.51. The van der Waals surface area contributed by atoms with Gasteiger partial charge in [0.25, 0.3) is 0 Å². The van der Waals surface area contributed by atoms with E-state index in [0.29, 0.717) is 5.92 Å². The molecule has 0 aromatic heterocycles. The first-order valence-electron chi connectivity index (χ1n) is 4.97. The summed E-state index contributed by atoms with van der Waals surface area (Å²) in [6, 6.07) is 0. The Labute approximate surface area is 80.6 Å². The van der Waals surface area contributed by atoms with E-state index in [1.807, 2.05) is 6.92 Å². The normalized spacial score (nSPS) is 21.8. The van der Waals surface area contributed by atoms with Gasteiger partial charge in [-0.3, -0.25) is 4.99 Å². The molecule has 0 aromatic carbocycles. The Hall–Kier alpha value is -0.700. The molecule has 0 spiro atoms. The zero-order chi connectivity index (χ0) is 9.68. The topological polar surface area (TPSA) is 28.0 Å². The van der Waals surface area contributed by atoms with Crippen LogP contribution in [0.2, 0.25) is 0 Å². The van der Waals surface area contributed by atoms with Crippen molar-refractivity contribution in [3.05, 3.63) is 0 Å². The van der Waals surface area contributed by atoms with Gasteiger partial charge in [-0.15, -0.1) is 0 Å². The van der Waals surface area contributed by atoms with Crippen LogP contribution in [0.1, 0.15) is 19.8 Å². The molecule has 0 aromatic rings. The number of hydrogen-bond donors (Lipinski definition) is 0. The van der Waals surface area contributed by atoms with E-state index >= 15 is 0 Å². The number of likely N-dealkylation sites (tertiary alicyclic amines) is 1. The molecule has 0 saturated carbocycles. The van der Waals surface area contributed by atoms with Gasteiger partial charge in [-0.2, -0.15) is 0 Å². The van der Waals surface area contributed by atoms with Crippen molar-refractivity contribution < 1.29 is 0 Å². The Morgan fingerprint density at radius 3 is 2.54 bits per heavy atom. The highest BCUT2D eigenvalue weighted by atomic mass is 15.1. The summed E-state index contributed by atoms with van der Waals surface area (Å²) in [4.78, 5) is 10.7. The largest absolute Gasteiger partial charge is 0.306 e. The van der Waals surface area contributed by atoms with Gasteiger partial charge in [-0.25, -0.2) is 4.99 Å². The van der Waals surface area contributed by atoms with Gasteiger partial charge in [-0.05, 0) is 46.6 Å². The molecule has 0 amide bonds. The summed E-state index contributed by atoms with van der Waals surface area (Å²) in [5.41, 5.74) is 0. The molecule has 0 N–H and O–H groups in total. The lowest BCUT2D eigenvalue weighted by Crippen LogP contribution is -2.33. The zero-order valence-corrected chi connectivity index (χ0v) is 8.66. The molecule has 3 nitrogen and oxygen atoms in total. The van der Waals surface area contributed by atoms with Crippen LogP contribution in [0.15, 0.2) is 9.98 Å². The van der Waals surface area contributed by atoms with Gasteiger partial charge >= 0.3 is 0 Å². The summed E-state index contributed by atoms with van der Waals surface area (Å²) in [7, 11) is 2.16. The van der Waals surface area contributed by atoms with Crippen LogP contribution in [0.4, 0.5) is 0 Å². The minimum atomic E-state index is 0.550. The Morgan fingerprint density at radius 2 is 2.08 bits per heavy atom. The van der Waals surface area contributed by atoms with Crippen molar-refractivity contribution in [2.24, 2.45) is 15.9 Å². The van der Waals surface area contributed by atoms with Gasteiger partial charge < -0.3 is 4.90 Å². The van der Waals surface area contributed by atoms with Gasteiger partial charge in [0.05, 0.1) is 0 Å². The number of nitrogens with zero attached hydrogens (tertiary/aromatic N) is 3. The summed E-state index contributed by atoms with van der Waals surface area (Å²) >= 11 is 0. The quantitative estimate of drug-likeness (QED) is 0.468. The number of aliphatic imine (C=N–C) groups is 2. The van der Waals surface area contributed by atoms with E-state index in [-0.39, 0.29) is 0 Å². The first-order valence-corrected chi connectivity index (χ1v) is 4.97. The molecular weight excluding hydrogens is 162 g/mol. The summed E-state index contributed by atoms with van der Waals surface area (Å²) in [5.74, 6) is 1.52. The fourth-order valence-corrected chi connectivity index (χ4v) is 1.74. The predicted octanol–water partition coefficient (Wildman–Crippen LogP) is 1.45. The molecule has 1 heterocycles. The van der Waals surface area contributed by atoms with Crippen molar-refractivity contribution in [3.8, 4) is 0 Å². The Kier molecular flexibility index (Phi) is 4.09. The van der Waals surface area contributed by atoms with Crippen LogP contribution in [0.25, 0.3) is 0 Å². The number of rotatable bonds is 2. The van der Waals surface area contributed by atoms with Crippen LogP contribution in [-0.2, 0) is 0 Å². The third-order valence-corrected chi connectivity index (χ3v) is 2.57. The third kappa shape index (κ3) is 2.92. The summed E-state index contributed by atoms with van der Waals surface area (Å²) in [5, 5.41) is 0. The smallest absolute Gasteiger partial charge is 0.125 e.